The van der Waals surface area contributed by atoms with Gasteiger partial charge >= 0.3 is 0 Å². The number of hydrazine groups is 1. The maximum atomic E-state index is 12.1. The molecule has 0 aliphatic carbocycles. The Kier molecular flexibility index (Phi) is 3.62. The molecule has 20 heavy (non-hydrogen) atoms. The molecule has 0 spiro atoms. The molecule has 0 radical (unpaired) electrons. The van der Waals surface area contributed by atoms with Crippen LogP contribution in [0.2, 0.25) is 0 Å². The van der Waals surface area contributed by atoms with Gasteiger partial charge in [-0.15, -0.1) is 0 Å². The number of hydrogen-bond donors (Lipinski definition) is 3. The lowest BCUT2D eigenvalue weighted by atomic mass is 10.1. The van der Waals surface area contributed by atoms with Crippen molar-refractivity contribution in [3.8, 4) is 0 Å². The van der Waals surface area contributed by atoms with Crippen molar-refractivity contribution in [3.05, 3.63) is 46.1 Å². The zero-order chi connectivity index (χ0) is 14.7. The van der Waals surface area contributed by atoms with Crippen LogP contribution in [0.15, 0.2) is 30.5 Å². The van der Waals surface area contributed by atoms with E-state index in [1.165, 1.54) is 22.9 Å². The number of rotatable bonds is 4. The van der Waals surface area contributed by atoms with Crippen LogP contribution in [0.4, 0.5) is 17.2 Å². The number of amides is 1. The molecular formula is C11H12N6O3. The van der Waals surface area contributed by atoms with Crippen LogP contribution in [0.5, 0.6) is 0 Å². The van der Waals surface area contributed by atoms with E-state index in [-0.39, 0.29) is 11.3 Å². The van der Waals surface area contributed by atoms with Gasteiger partial charge in [-0.3, -0.25) is 25.4 Å². The standard InChI is InChI=1S/C11H12N6O3/c1-16-5-4-10(15-16)13-11(18)8-6-7(14-12)2-3-9(8)17(19)20/h2-6,14H,12H2,1H3,(H,13,15,18). The molecule has 0 aliphatic rings. The molecule has 9 heteroatoms. The number of carbonyl (C=O) groups excluding carboxylic acids is 1. The Bertz CT molecular complexity index is 666. The number of aryl methyl sites for hydroxylation is 1. The number of hydrogen-bond acceptors (Lipinski definition) is 6. The Morgan fingerprint density at radius 2 is 2.20 bits per heavy atom. The van der Waals surface area contributed by atoms with Gasteiger partial charge in [0.05, 0.1) is 4.92 Å². The van der Waals surface area contributed by atoms with Crippen LogP contribution in [0.25, 0.3) is 0 Å². The molecule has 9 nitrogen and oxygen atoms in total. The van der Waals surface area contributed by atoms with Crippen LogP contribution in [0.3, 0.4) is 0 Å². The molecule has 4 N–H and O–H groups in total. The summed E-state index contributed by atoms with van der Waals surface area (Å²) in [6, 6.07) is 5.50. The number of nitro benzene ring substituents is 1. The first kappa shape index (κ1) is 13.5. The molecule has 0 unspecified atom stereocenters. The Labute approximate surface area is 113 Å². The largest absolute Gasteiger partial charge is 0.324 e. The SMILES string of the molecule is Cn1ccc(NC(=O)c2cc(NN)ccc2[N+](=O)[O-])n1. The van der Waals surface area contributed by atoms with E-state index >= 15 is 0 Å². The van der Waals surface area contributed by atoms with Crippen molar-refractivity contribution in [2.75, 3.05) is 10.7 Å². The maximum Gasteiger partial charge on any atom is 0.282 e. The first-order chi connectivity index (χ1) is 9.51. The number of nitrogen functional groups attached to an aromatic ring is 1. The lowest BCUT2D eigenvalue weighted by molar-refractivity contribution is -0.385. The Hall–Kier alpha value is -2.94. The van der Waals surface area contributed by atoms with Crippen molar-refractivity contribution < 1.29 is 9.72 Å². The molecule has 0 aliphatic heterocycles. The molecule has 1 aromatic heterocycles. The molecule has 0 saturated heterocycles. The molecule has 0 bridgehead atoms. The average molecular weight is 276 g/mol. The minimum Gasteiger partial charge on any atom is -0.324 e. The normalized spacial score (nSPS) is 10.1. The van der Waals surface area contributed by atoms with Gasteiger partial charge in [0.15, 0.2) is 5.82 Å². The molecule has 2 rings (SSSR count). The number of nitrogens with two attached hydrogens (primary N) is 1. The highest BCUT2D eigenvalue weighted by Crippen LogP contribution is 2.23. The summed E-state index contributed by atoms with van der Waals surface area (Å²) in [5.41, 5.74) is 2.32. The summed E-state index contributed by atoms with van der Waals surface area (Å²) in [6.45, 7) is 0. The highest BCUT2D eigenvalue weighted by Gasteiger charge is 2.21. The highest BCUT2D eigenvalue weighted by molar-refractivity contribution is 6.07. The lowest BCUT2D eigenvalue weighted by Gasteiger charge is -2.06. The predicted molar refractivity (Wildman–Crippen MR) is 72.1 cm³/mol. The second kappa shape index (κ2) is 5.36. The zero-order valence-corrected chi connectivity index (χ0v) is 10.5. The van der Waals surface area contributed by atoms with Gasteiger partial charge < -0.3 is 10.7 Å². The van der Waals surface area contributed by atoms with Crippen molar-refractivity contribution in [1.29, 1.82) is 0 Å². The number of nitrogens with zero attached hydrogens (tertiary/aromatic N) is 3. The molecule has 0 saturated carbocycles. The number of benzene rings is 1. The van der Waals surface area contributed by atoms with Gasteiger partial charge in [0, 0.05) is 31.1 Å². The first-order valence-corrected chi connectivity index (χ1v) is 5.57. The fourth-order valence-electron chi connectivity index (χ4n) is 1.63. The quantitative estimate of drug-likeness (QED) is 0.431. The summed E-state index contributed by atoms with van der Waals surface area (Å²) in [6.07, 6.45) is 1.64. The van der Waals surface area contributed by atoms with E-state index in [4.69, 9.17) is 5.84 Å². The van der Waals surface area contributed by atoms with E-state index in [0.29, 0.717) is 11.5 Å². The van der Waals surface area contributed by atoms with Crippen LogP contribution < -0.4 is 16.6 Å². The minimum atomic E-state index is -0.632. The van der Waals surface area contributed by atoms with Crippen molar-refractivity contribution in [3.63, 3.8) is 0 Å². The summed E-state index contributed by atoms with van der Waals surface area (Å²) in [7, 11) is 1.69. The molecule has 0 atom stereocenters. The number of nitrogens with one attached hydrogen (secondary N) is 2. The second-order valence-corrected chi connectivity index (χ2v) is 3.96. The smallest absolute Gasteiger partial charge is 0.282 e. The van der Waals surface area contributed by atoms with Gasteiger partial charge in [0.2, 0.25) is 0 Å². The molecule has 1 aromatic carbocycles. The van der Waals surface area contributed by atoms with E-state index in [0.717, 1.165) is 0 Å². The number of carbonyl (C=O) groups is 1. The van der Waals surface area contributed by atoms with Gasteiger partial charge in [-0.2, -0.15) is 5.10 Å². The Balaban J connectivity index is 2.34. The third-order valence-corrected chi connectivity index (χ3v) is 2.56. The fraction of sp³-hybridized carbons (Fsp3) is 0.0909. The lowest BCUT2D eigenvalue weighted by Crippen LogP contribution is -2.16. The van der Waals surface area contributed by atoms with Crippen molar-refractivity contribution >= 4 is 23.1 Å². The first-order valence-electron chi connectivity index (χ1n) is 5.57. The topological polar surface area (TPSA) is 128 Å². The van der Waals surface area contributed by atoms with Gasteiger partial charge in [-0.05, 0) is 12.1 Å². The molecule has 104 valence electrons. The zero-order valence-electron chi connectivity index (χ0n) is 10.5. The van der Waals surface area contributed by atoms with Crippen molar-refractivity contribution in [2.45, 2.75) is 0 Å². The third-order valence-electron chi connectivity index (χ3n) is 2.56. The van der Waals surface area contributed by atoms with Crippen LogP contribution in [0.1, 0.15) is 10.4 Å². The molecule has 2 aromatic rings. The fourth-order valence-corrected chi connectivity index (χ4v) is 1.63. The Morgan fingerprint density at radius 1 is 1.45 bits per heavy atom. The molecular weight excluding hydrogens is 264 g/mol. The van der Waals surface area contributed by atoms with Gasteiger partial charge in [-0.25, -0.2) is 0 Å². The van der Waals surface area contributed by atoms with E-state index in [9.17, 15) is 14.9 Å². The highest BCUT2D eigenvalue weighted by atomic mass is 16.6. The van der Waals surface area contributed by atoms with Crippen LogP contribution in [-0.4, -0.2) is 20.6 Å². The minimum absolute atomic E-state index is 0.101. The second-order valence-electron chi connectivity index (χ2n) is 3.96. The summed E-state index contributed by atoms with van der Waals surface area (Å²) < 4.78 is 1.50. The number of aromatic nitrogens is 2. The number of nitro groups is 1. The maximum absolute atomic E-state index is 12.1. The van der Waals surface area contributed by atoms with E-state index in [1.807, 2.05) is 0 Å². The third kappa shape index (κ3) is 2.72. The van der Waals surface area contributed by atoms with Gasteiger partial charge in [0.1, 0.15) is 5.56 Å². The Morgan fingerprint density at radius 3 is 2.75 bits per heavy atom. The summed E-state index contributed by atoms with van der Waals surface area (Å²) in [4.78, 5) is 22.4. The summed E-state index contributed by atoms with van der Waals surface area (Å²) in [5.74, 6) is 4.91. The molecule has 1 amide bonds. The number of anilines is 2. The van der Waals surface area contributed by atoms with Crippen LogP contribution >= 0.6 is 0 Å². The van der Waals surface area contributed by atoms with E-state index in [2.05, 4.69) is 15.8 Å². The van der Waals surface area contributed by atoms with Gasteiger partial charge in [0.25, 0.3) is 11.6 Å². The molecule has 1 heterocycles. The van der Waals surface area contributed by atoms with Crippen LogP contribution in [0, 0.1) is 10.1 Å². The summed E-state index contributed by atoms with van der Waals surface area (Å²) >= 11 is 0. The van der Waals surface area contributed by atoms with Crippen molar-refractivity contribution in [2.24, 2.45) is 12.9 Å². The molecule has 0 fully saturated rings. The van der Waals surface area contributed by atoms with Crippen LogP contribution in [-0.2, 0) is 7.05 Å². The van der Waals surface area contributed by atoms with Crippen molar-refractivity contribution in [1.82, 2.24) is 9.78 Å². The average Bonchev–Trinajstić information content (AvgIpc) is 2.83. The summed E-state index contributed by atoms with van der Waals surface area (Å²) in [5, 5.41) is 17.4. The predicted octanol–water partition coefficient (Wildman–Crippen LogP) is 0.866. The van der Waals surface area contributed by atoms with E-state index in [1.54, 1.807) is 19.3 Å². The van der Waals surface area contributed by atoms with Gasteiger partial charge in [-0.1, -0.05) is 0 Å². The van der Waals surface area contributed by atoms with E-state index < -0.39 is 10.8 Å². The monoisotopic (exact) mass is 276 g/mol.